The molecule has 9 heteroatoms. The van der Waals surface area contributed by atoms with Crippen LogP contribution in [0.2, 0.25) is 0 Å². The summed E-state index contributed by atoms with van der Waals surface area (Å²) in [5.74, 6) is -0.655. The minimum absolute atomic E-state index is 0.0329. The van der Waals surface area contributed by atoms with Gasteiger partial charge in [0.25, 0.3) is 5.91 Å². The number of nitrogens with zero attached hydrogens (tertiary/aromatic N) is 2. The van der Waals surface area contributed by atoms with Gasteiger partial charge in [-0.2, -0.15) is 0 Å². The molecule has 1 saturated carbocycles. The second kappa shape index (κ2) is 9.31. The zero-order valence-electron chi connectivity index (χ0n) is 23.3. The predicted octanol–water partition coefficient (Wildman–Crippen LogP) is 3.04. The van der Waals surface area contributed by atoms with Gasteiger partial charge < -0.3 is 24.8 Å². The molecule has 0 bridgehead atoms. The maximum Gasteiger partial charge on any atom is 0.303 e. The van der Waals surface area contributed by atoms with E-state index in [0.717, 1.165) is 30.8 Å². The zero-order valence-corrected chi connectivity index (χ0v) is 23.3. The molecule has 40 heavy (non-hydrogen) atoms. The number of likely N-dealkylation sites (N-methyl/N-ethyl adjacent to an activating group) is 1. The van der Waals surface area contributed by atoms with Crippen molar-refractivity contribution in [1.29, 1.82) is 0 Å². The highest BCUT2D eigenvalue weighted by atomic mass is 19.1. The van der Waals surface area contributed by atoms with Gasteiger partial charge in [0.05, 0.1) is 19.7 Å². The van der Waals surface area contributed by atoms with Crippen LogP contribution in [0.5, 0.6) is 5.75 Å². The maximum atomic E-state index is 13.5. The number of rotatable bonds is 6. The summed E-state index contributed by atoms with van der Waals surface area (Å²) < 4.78 is 25.2. The summed E-state index contributed by atoms with van der Waals surface area (Å²) in [7, 11) is 3.58. The Hall–Kier alpha value is -3.43. The highest BCUT2D eigenvalue weighted by Crippen LogP contribution is 2.67. The molecule has 2 fully saturated rings. The van der Waals surface area contributed by atoms with E-state index in [4.69, 9.17) is 9.47 Å². The molecular formula is C31H36FN3O5. The molecule has 212 valence electrons. The van der Waals surface area contributed by atoms with Gasteiger partial charge >= 0.3 is 5.97 Å². The van der Waals surface area contributed by atoms with E-state index in [1.54, 1.807) is 7.11 Å². The standard InChI is InChI=1S/C31H36FN3O5/c1-5-29-13-6-15-35-16-14-30(26(29)35)23-12-11-22(39-4)17-24(23)34(3)27(30)31(38,28(29)40-19(2)36)18-33-25(37)20-7-9-21(32)10-8-20/h6-13,17,26-28,38H,5,14-16,18H2,1-4H3,(H,33,37)/t26?,27-,28-,29-,30-,31+/m1/s1. The quantitative estimate of drug-likeness (QED) is 0.423. The van der Waals surface area contributed by atoms with Gasteiger partial charge in [0.15, 0.2) is 0 Å². The van der Waals surface area contributed by atoms with Crippen molar-refractivity contribution < 1.29 is 28.6 Å². The SMILES string of the molecule is CC[C@]12C=CCN3CC[C@@]4(c5ccc(OC)cc5N(C)[C@H]4[C@@](O)(CNC(=O)c4ccc(F)cc4)[C@@H]1OC(C)=O)C32. The molecule has 0 radical (unpaired) electrons. The molecule has 1 saturated heterocycles. The highest BCUT2D eigenvalue weighted by Gasteiger charge is 2.77. The normalized spacial score (nSPS) is 33.6. The van der Waals surface area contributed by atoms with Crippen molar-refractivity contribution in [2.75, 3.05) is 38.7 Å². The summed E-state index contributed by atoms with van der Waals surface area (Å²) >= 11 is 0. The average Bonchev–Trinajstić information content (AvgIpc) is 3.46. The second-order valence-corrected chi connectivity index (χ2v) is 11.6. The molecular weight excluding hydrogens is 513 g/mol. The molecule has 3 heterocycles. The first-order chi connectivity index (χ1) is 19.1. The van der Waals surface area contributed by atoms with Crippen LogP contribution >= 0.6 is 0 Å². The van der Waals surface area contributed by atoms with Crippen molar-refractivity contribution in [3.8, 4) is 5.75 Å². The van der Waals surface area contributed by atoms with Gasteiger partial charge in [0.2, 0.25) is 0 Å². The third kappa shape index (κ3) is 3.50. The van der Waals surface area contributed by atoms with Gasteiger partial charge in [0, 0.05) is 54.7 Å². The number of amides is 1. The van der Waals surface area contributed by atoms with Crippen LogP contribution in [-0.2, 0) is 14.9 Å². The summed E-state index contributed by atoms with van der Waals surface area (Å²) in [6.07, 6.45) is 4.74. The lowest BCUT2D eigenvalue weighted by Crippen LogP contribution is -2.81. The highest BCUT2D eigenvalue weighted by molar-refractivity contribution is 5.94. The number of nitrogens with one attached hydrogen (secondary N) is 1. The number of fused-ring (bicyclic) bond motifs is 1. The molecule has 1 amide bonds. The van der Waals surface area contributed by atoms with Gasteiger partial charge in [-0.05, 0) is 55.3 Å². The van der Waals surface area contributed by atoms with Crippen molar-refractivity contribution >= 4 is 17.6 Å². The van der Waals surface area contributed by atoms with E-state index in [-0.39, 0.29) is 18.2 Å². The van der Waals surface area contributed by atoms with Crippen molar-refractivity contribution in [1.82, 2.24) is 10.2 Å². The van der Waals surface area contributed by atoms with Crippen molar-refractivity contribution in [3.05, 3.63) is 71.6 Å². The maximum absolute atomic E-state index is 13.5. The van der Waals surface area contributed by atoms with Crippen LogP contribution in [0.4, 0.5) is 10.1 Å². The van der Waals surface area contributed by atoms with Crippen molar-refractivity contribution in [2.24, 2.45) is 5.41 Å². The summed E-state index contributed by atoms with van der Waals surface area (Å²) in [6.45, 7) is 4.88. The molecule has 1 aliphatic carbocycles. The molecule has 8 nitrogen and oxygen atoms in total. The van der Waals surface area contributed by atoms with Gasteiger partial charge in [-0.3, -0.25) is 14.5 Å². The number of carbonyl (C=O) groups is 2. The number of aliphatic hydroxyl groups is 1. The van der Waals surface area contributed by atoms with Crippen LogP contribution in [0.1, 0.15) is 42.6 Å². The third-order valence-corrected chi connectivity index (χ3v) is 9.85. The Balaban J connectivity index is 1.53. The van der Waals surface area contributed by atoms with E-state index in [1.165, 1.54) is 31.2 Å². The van der Waals surface area contributed by atoms with Gasteiger partial charge in [-0.15, -0.1) is 0 Å². The van der Waals surface area contributed by atoms with Crippen LogP contribution in [0, 0.1) is 11.2 Å². The Kier molecular flexibility index (Phi) is 6.23. The topological polar surface area (TPSA) is 91.3 Å². The third-order valence-electron chi connectivity index (χ3n) is 9.85. The Morgan fingerprint density at radius 3 is 2.60 bits per heavy atom. The van der Waals surface area contributed by atoms with Crippen LogP contribution in [0.15, 0.2) is 54.6 Å². The first-order valence-corrected chi connectivity index (χ1v) is 13.9. The molecule has 1 unspecified atom stereocenters. The lowest BCUT2D eigenvalue weighted by Gasteiger charge is -2.64. The summed E-state index contributed by atoms with van der Waals surface area (Å²) in [5.41, 5.74) is -0.506. The van der Waals surface area contributed by atoms with E-state index in [2.05, 4.69) is 40.3 Å². The lowest BCUT2D eigenvalue weighted by molar-refractivity contribution is -0.216. The predicted molar refractivity (Wildman–Crippen MR) is 148 cm³/mol. The van der Waals surface area contributed by atoms with E-state index in [0.29, 0.717) is 12.2 Å². The van der Waals surface area contributed by atoms with Crippen molar-refractivity contribution in [3.63, 3.8) is 0 Å². The summed E-state index contributed by atoms with van der Waals surface area (Å²) in [4.78, 5) is 30.4. The van der Waals surface area contributed by atoms with E-state index >= 15 is 0 Å². The van der Waals surface area contributed by atoms with E-state index in [1.807, 2.05) is 19.2 Å². The molecule has 1 spiro atoms. The molecule has 4 aliphatic rings. The van der Waals surface area contributed by atoms with Gasteiger partial charge in [0.1, 0.15) is 23.3 Å². The number of methoxy groups -OCH3 is 1. The first kappa shape index (κ1) is 26.8. The second-order valence-electron chi connectivity index (χ2n) is 11.6. The summed E-state index contributed by atoms with van der Waals surface area (Å²) in [5, 5.41) is 15.9. The van der Waals surface area contributed by atoms with Gasteiger partial charge in [-0.25, -0.2) is 4.39 Å². The average molecular weight is 550 g/mol. The molecule has 0 aromatic heterocycles. The smallest absolute Gasteiger partial charge is 0.303 e. The minimum Gasteiger partial charge on any atom is -0.497 e. The lowest BCUT2D eigenvalue weighted by atomic mass is 9.47. The van der Waals surface area contributed by atoms with Crippen LogP contribution in [0.25, 0.3) is 0 Å². The number of esters is 1. The Morgan fingerprint density at radius 1 is 1.18 bits per heavy atom. The molecule has 2 N–H and O–H groups in total. The number of halogens is 1. The van der Waals surface area contributed by atoms with E-state index < -0.39 is 46.3 Å². The minimum atomic E-state index is -1.67. The monoisotopic (exact) mass is 549 g/mol. The molecule has 2 aromatic carbocycles. The fourth-order valence-electron chi connectivity index (χ4n) is 8.57. The van der Waals surface area contributed by atoms with Crippen LogP contribution in [0.3, 0.4) is 0 Å². The molecule has 3 aliphatic heterocycles. The number of hydrogen-bond donors (Lipinski definition) is 2. The number of hydrogen-bond acceptors (Lipinski definition) is 7. The largest absolute Gasteiger partial charge is 0.497 e. The fourth-order valence-corrected chi connectivity index (χ4v) is 8.57. The zero-order chi connectivity index (χ0) is 28.4. The Bertz CT molecular complexity index is 1380. The first-order valence-electron chi connectivity index (χ1n) is 13.9. The van der Waals surface area contributed by atoms with E-state index in [9.17, 15) is 19.1 Å². The number of ether oxygens (including phenoxy) is 2. The molecule has 6 rings (SSSR count). The Labute approximate surface area is 233 Å². The van der Waals surface area contributed by atoms with Crippen LogP contribution < -0.4 is 15.0 Å². The molecule has 2 aromatic rings. The molecule has 6 atom stereocenters. The fraction of sp³-hybridized carbons (Fsp3) is 0.484. The van der Waals surface area contributed by atoms with Gasteiger partial charge in [-0.1, -0.05) is 25.1 Å². The number of carbonyl (C=O) groups excluding carboxylic acids is 2. The van der Waals surface area contributed by atoms with Crippen LogP contribution in [-0.4, -0.2) is 79.5 Å². The van der Waals surface area contributed by atoms with Crippen molar-refractivity contribution in [2.45, 2.75) is 55.9 Å². The number of benzene rings is 2. The number of anilines is 1. The Morgan fingerprint density at radius 2 is 1.93 bits per heavy atom. The summed E-state index contributed by atoms with van der Waals surface area (Å²) in [6, 6.07) is 10.8.